The summed E-state index contributed by atoms with van der Waals surface area (Å²) in [6.45, 7) is 3.67. The van der Waals surface area contributed by atoms with E-state index < -0.39 is 58.2 Å². The number of aromatic nitrogens is 2. The first kappa shape index (κ1) is 38.0. The lowest BCUT2D eigenvalue weighted by molar-refractivity contribution is -0.679. The molecule has 1 aromatic carbocycles. The molecule has 19 nitrogen and oxygen atoms in total. The number of hydrogen-bond acceptors (Lipinski definition) is 15. The monoisotopic (exact) mass is 736 g/mol. The average molecular weight is 737 g/mol. The van der Waals surface area contributed by atoms with Crippen molar-refractivity contribution in [2.75, 3.05) is 25.4 Å². The van der Waals surface area contributed by atoms with Gasteiger partial charge in [0.1, 0.15) is 31.1 Å². The van der Waals surface area contributed by atoms with E-state index in [0.717, 1.165) is 28.2 Å². The number of hydrogen-bond donors (Lipinski definition) is 7. The van der Waals surface area contributed by atoms with Crippen LogP contribution in [-0.2, 0) is 47.5 Å². The van der Waals surface area contributed by atoms with Gasteiger partial charge in [-0.1, -0.05) is 17.3 Å². The van der Waals surface area contributed by atoms with E-state index >= 15 is 0 Å². The lowest BCUT2D eigenvalue weighted by atomic mass is 9.84. The zero-order valence-corrected chi connectivity index (χ0v) is 28.8. The van der Waals surface area contributed by atoms with Gasteiger partial charge in [-0.25, -0.2) is 14.3 Å². The largest absolute Gasteiger partial charge is 0.489 e. The Hall–Kier alpha value is -4.77. The lowest BCUT2D eigenvalue weighted by Gasteiger charge is -2.50. The number of oxime groups is 1. The summed E-state index contributed by atoms with van der Waals surface area (Å²) in [5.74, 6) is -3.14. The van der Waals surface area contributed by atoms with Gasteiger partial charge in [0.2, 0.25) is 0 Å². The number of nitrogens with two attached hydrogens (primary N) is 3. The fraction of sp³-hybridized carbons (Fsp3) is 0.379. The second-order valence-corrected chi connectivity index (χ2v) is 13.4. The van der Waals surface area contributed by atoms with Crippen molar-refractivity contribution >= 4 is 50.4 Å². The molecule has 2 amide bonds. The van der Waals surface area contributed by atoms with Crippen LogP contribution in [0.5, 0.6) is 5.75 Å². The molecular weight excluding hydrogens is 699 g/mol. The topological polar surface area (TPSA) is 288 Å². The number of anilines is 1. The van der Waals surface area contributed by atoms with Crippen molar-refractivity contribution < 1.29 is 50.9 Å². The maximum atomic E-state index is 13.2. The lowest BCUT2D eigenvalue weighted by Crippen LogP contribution is -2.76. The smallest absolute Gasteiger partial charge is 0.418 e. The number of rotatable bonds is 17. The zero-order chi connectivity index (χ0) is 36.8. The van der Waals surface area contributed by atoms with Crippen LogP contribution in [0.3, 0.4) is 0 Å². The minimum absolute atomic E-state index is 0.0168. The highest BCUT2D eigenvalue weighted by Gasteiger charge is 2.58. The van der Waals surface area contributed by atoms with Crippen LogP contribution in [0.15, 0.2) is 53.1 Å². The first-order valence-corrected chi connectivity index (χ1v) is 17.1. The second kappa shape index (κ2) is 15.8. The first-order chi connectivity index (χ1) is 23.5. The van der Waals surface area contributed by atoms with Gasteiger partial charge in [0.25, 0.3) is 17.9 Å². The molecule has 3 heterocycles. The van der Waals surface area contributed by atoms with Crippen LogP contribution < -0.4 is 37.1 Å². The highest BCUT2D eigenvalue weighted by molar-refractivity contribution is 7.80. The number of carboxylic acid groups (broad SMARTS) is 1. The van der Waals surface area contributed by atoms with E-state index in [1.165, 1.54) is 19.2 Å². The molecule has 2 aromatic heterocycles. The number of carboxylic acids is 1. The van der Waals surface area contributed by atoms with E-state index in [4.69, 9.17) is 31.3 Å². The SMILES string of the molecule is C[n+]1cc(-c2ccc(OC[C@H](O/N=C(\C(=O)N[C@@H]3C(=O)N(OS(=O)(=O)O)C3(C)C)c3csc(N)n3)C(=O)O)cc2)ccc1CNC(CN)CN. The molecule has 0 bridgehead atoms. The number of β-lactam (4-membered cyclic amide) rings is 1. The van der Waals surface area contributed by atoms with E-state index in [9.17, 15) is 27.9 Å². The van der Waals surface area contributed by atoms with Crippen molar-refractivity contribution in [2.24, 2.45) is 23.7 Å². The molecule has 3 aromatic rings. The minimum atomic E-state index is -5.02. The zero-order valence-electron chi connectivity index (χ0n) is 27.2. The van der Waals surface area contributed by atoms with Gasteiger partial charge in [0, 0.05) is 36.1 Å². The number of carbonyl (C=O) groups excluding carboxylic acids is 2. The highest BCUT2D eigenvalue weighted by atomic mass is 32.3. The maximum Gasteiger partial charge on any atom is 0.418 e. The Morgan fingerprint density at radius 1 is 1.16 bits per heavy atom. The number of ether oxygens (including phenoxy) is 1. The minimum Gasteiger partial charge on any atom is -0.489 e. The molecule has 0 spiro atoms. The fourth-order valence-corrected chi connectivity index (χ4v) is 5.70. The number of hydroxylamine groups is 2. The molecule has 270 valence electrons. The Bertz CT molecular complexity index is 1850. The predicted octanol–water partition coefficient (Wildman–Crippen LogP) is -1.31. The van der Waals surface area contributed by atoms with Crippen LogP contribution in [0.4, 0.5) is 5.13 Å². The summed E-state index contributed by atoms with van der Waals surface area (Å²) in [5.41, 5.74) is 17.9. The number of aliphatic carboxylic acids is 1. The normalized spacial score (nSPS) is 16.5. The van der Waals surface area contributed by atoms with Crippen molar-refractivity contribution in [3.8, 4) is 16.9 Å². The molecule has 2 atom stereocenters. The molecule has 10 N–H and O–H groups in total. The molecule has 0 aliphatic carbocycles. The quantitative estimate of drug-likeness (QED) is 0.0278. The van der Waals surface area contributed by atoms with Crippen LogP contribution in [0, 0.1) is 0 Å². The highest BCUT2D eigenvalue weighted by Crippen LogP contribution is 2.33. The number of nitrogens with zero attached hydrogens (tertiary/aromatic N) is 4. The Kier molecular flexibility index (Phi) is 12.1. The third-order valence-corrected chi connectivity index (χ3v) is 8.63. The number of carbonyl (C=O) groups is 3. The Morgan fingerprint density at radius 2 is 1.82 bits per heavy atom. The summed E-state index contributed by atoms with van der Waals surface area (Å²) < 4.78 is 43.1. The molecular formula is C29H38N9O10S2+. The molecule has 0 radical (unpaired) electrons. The Morgan fingerprint density at radius 3 is 2.36 bits per heavy atom. The standard InChI is InChI=1S/C29H37N9O10S2/c1-29(2)24(26(40)38(29)48-50(43,44)45)35-25(39)23(21-15-49-28(32)34-21)36-47-22(27(41)42)14-46-20-8-5-16(6-9-20)17-4-7-19(37(3)13-17)12-33-18(10-30)11-31/h4-9,13,15,18,22,24,33H,10-12,14,30-31H2,1-3H3,(H4-,32,34,35,39,41,42,43,44,45)/p+1/b36-23-/t22-,24+/m0/s1. The molecule has 1 aliphatic heterocycles. The van der Waals surface area contributed by atoms with Crippen LogP contribution in [0.2, 0.25) is 0 Å². The number of nitrogen functional groups attached to an aromatic ring is 1. The molecule has 1 saturated heterocycles. The average Bonchev–Trinajstić information content (AvgIpc) is 3.50. The summed E-state index contributed by atoms with van der Waals surface area (Å²) >= 11 is 0.957. The first-order valence-electron chi connectivity index (χ1n) is 14.9. The van der Waals surface area contributed by atoms with E-state index in [2.05, 4.69) is 25.1 Å². The van der Waals surface area contributed by atoms with Gasteiger partial charge in [0.15, 0.2) is 22.7 Å². The van der Waals surface area contributed by atoms with Crippen molar-refractivity contribution in [1.82, 2.24) is 20.7 Å². The molecule has 1 fully saturated rings. The Balaban J connectivity index is 1.42. The van der Waals surface area contributed by atoms with Gasteiger partial charge >= 0.3 is 16.4 Å². The summed E-state index contributed by atoms with van der Waals surface area (Å²) in [5, 5.41) is 21.0. The summed E-state index contributed by atoms with van der Waals surface area (Å²) in [4.78, 5) is 47.0. The molecule has 0 unspecified atom stereocenters. The van der Waals surface area contributed by atoms with Crippen LogP contribution >= 0.6 is 11.3 Å². The molecule has 0 saturated carbocycles. The molecule has 50 heavy (non-hydrogen) atoms. The summed E-state index contributed by atoms with van der Waals surface area (Å²) in [6, 6.07) is 9.55. The van der Waals surface area contributed by atoms with Gasteiger partial charge in [-0.05, 0) is 37.6 Å². The second-order valence-electron chi connectivity index (χ2n) is 11.5. The third kappa shape index (κ3) is 9.26. The van der Waals surface area contributed by atoms with Crippen LogP contribution in [0.25, 0.3) is 11.1 Å². The van der Waals surface area contributed by atoms with Gasteiger partial charge < -0.3 is 42.5 Å². The summed E-state index contributed by atoms with van der Waals surface area (Å²) in [6.07, 6.45) is 0.278. The van der Waals surface area contributed by atoms with Gasteiger partial charge in [-0.3, -0.25) is 14.1 Å². The van der Waals surface area contributed by atoms with Gasteiger partial charge in [-0.2, -0.15) is 13.5 Å². The molecule has 21 heteroatoms. The van der Waals surface area contributed by atoms with Gasteiger partial charge in [-0.15, -0.1) is 15.6 Å². The van der Waals surface area contributed by atoms with E-state index in [1.807, 2.05) is 29.9 Å². The number of aryl methyl sites for hydroxylation is 1. The maximum absolute atomic E-state index is 13.2. The van der Waals surface area contributed by atoms with Crippen molar-refractivity contribution in [3.05, 3.63) is 59.4 Å². The van der Waals surface area contributed by atoms with Crippen molar-refractivity contribution in [2.45, 2.75) is 44.1 Å². The number of benzene rings is 1. The molecule has 4 rings (SSSR count). The van der Waals surface area contributed by atoms with Crippen molar-refractivity contribution in [1.29, 1.82) is 0 Å². The van der Waals surface area contributed by atoms with Crippen molar-refractivity contribution in [3.63, 3.8) is 0 Å². The van der Waals surface area contributed by atoms with Crippen LogP contribution in [0.1, 0.15) is 25.2 Å². The number of amides is 2. The number of nitrogens with one attached hydrogen (secondary N) is 2. The van der Waals surface area contributed by atoms with E-state index in [-0.39, 0.29) is 16.9 Å². The predicted molar refractivity (Wildman–Crippen MR) is 178 cm³/mol. The number of thiazole rings is 1. The number of pyridine rings is 1. The summed E-state index contributed by atoms with van der Waals surface area (Å²) in [7, 11) is -3.10. The molecule has 1 aliphatic rings. The Labute approximate surface area is 290 Å². The third-order valence-electron chi connectivity index (χ3n) is 7.62. The van der Waals surface area contributed by atoms with Gasteiger partial charge in [0.05, 0.1) is 12.1 Å². The van der Waals surface area contributed by atoms with E-state index in [1.54, 1.807) is 24.3 Å². The fourth-order valence-electron chi connectivity index (χ4n) is 4.70. The van der Waals surface area contributed by atoms with E-state index in [0.29, 0.717) is 30.4 Å². The van der Waals surface area contributed by atoms with Crippen LogP contribution in [-0.4, -0.2) is 95.0 Å².